The van der Waals surface area contributed by atoms with Crippen LogP contribution in [0.15, 0.2) is 12.1 Å². The van der Waals surface area contributed by atoms with Gasteiger partial charge >= 0.3 is 0 Å². The molecule has 1 aromatic carbocycles. The molecule has 2 nitrogen and oxygen atoms in total. The van der Waals surface area contributed by atoms with E-state index in [0.717, 1.165) is 11.1 Å². The third kappa shape index (κ3) is 3.05. The molecule has 0 spiro atoms. The number of hydrogen-bond acceptors (Lipinski definition) is 2. The summed E-state index contributed by atoms with van der Waals surface area (Å²) < 4.78 is 0. The van der Waals surface area contributed by atoms with E-state index in [1.807, 2.05) is 6.07 Å². The molecule has 0 aliphatic carbocycles. The van der Waals surface area contributed by atoms with Gasteiger partial charge in [0.25, 0.3) is 0 Å². The number of phenols is 1. The summed E-state index contributed by atoms with van der Waals surface area (Å²) >= 11 is 0. The van der Waals surface area contributed by atoms with Crippen molar-refractivity contribution in [3.8, 4) is 5.75 Å². The predicted octanol–water partition coefficient (Wildman–Crippen LogP) is 4.04. The van der Waals surface area contributed by atoms with Gasteiger partial charge in [-0.2, -0.15) is 0 Å². The third-order valence-corrected chi connectivity index (χ3v) is 3.26. The molecule has 0 saturated carbocycles. The molecule has 0 aliphatic heterocycles. The summed E-state index contributed by atoms with van der Waals surface area (Å²) in [6.07, 6.45) is -0.659. The van der Waals surface area contributed by atoms with Gasteiger partial charge in [0, 0.05) is 5.56 Å². The van der Waals surface area contributed by atoms with Crippen LogP contribution in [-0.4, -0.2) is 10.2 Å². The maximum atomic E-state index is 10.3. The zero-order valence-corrected chi connectivity index (χ0v) is 12.6. The Balaban J connectivity index is 3.58. The largest absolute Gasteiger partial charge is 0.507 e. The van der Waals surface area contributed by atoms with Gasteiger partial charge in [-0.15, -0.1) is 0 Å². The first-order chi connectivity index (χ1) is 7.94. The van der Waals surface area contributed by atoms with Crippen molar-refractivity contribution in [1.82, 2.24) is 0 Å². The van der Waals surface area contributed by atoms with Crippen LogP contribution in [0.4, 0.5) is 0 Å². The number of rotatable bonds is 1. The minimum Gasteiger partial charge on any atom is -0.507 e. The molecule has 0 saturated heterocycles. The highest BCUT2D eigenvalue weighted by Crippen LogP contribution is 2.39. The second-order valence-corrected chi connectivity index (χ2v) is 7.14. The third-order valence-electron chi connectivity index (χ3n) is 3.26. The predicted molar refractivity (Wildman–Crippen MR) is 76.1 cm³/mol. The minimum absolute atomic E-state index is 0.00264. The molecule has 1 atom stereocenters. The molecule has 2 N–H and O–H groups in total. The van der Waals surface area contributed by atoms with Crippen LogP contribution in [-0.2, 0) is 10.8 Å². The first kappa shape index (κ1) is 15.0. The van der Waals surface area contributed by atoms with Crippen molar-refractivity contribution in [3.63, 3.8) is 0 Å². The Labute approximate surface area is 111 Å². The fraction of sp³-hybridized carbons (Fsp3) is 0.625. The van der Waals surface area contributed by atoms with E-state index >= 15 is 0 Å². The second kappa shape index (κ2) is 4.58. The Bertz CT molecular complexity index is 432. The monoisotopic (exact) mass is 250 g/mol. The summed E-state index contributed by atoms with van der Waals surface area (Å²) in [5.74, 6) is 0.227. The van der Waals surface area contributed by atoms with Gasteiger partial charge < -0.3 is 10.2 Å². The molecule has 0 aromatic heterocycles. The lowest BCUT2D eigenvalue weighted by Gasteiger charge is -2.28. The van der Waals surface area contributed by atoms with Crippen LogP contribution in [0.1, 0.15) is 71.3 Å². The van der Waals surface area contributed by atoms with Crippen molar-refractivity contribution in [1.29, 1.82) is 0 Å². The molecule has 0 aliphatic rings. The van der Waals surface area contributed by atoms with Crippen LogP contribution >= 0.6 is 0 Å². The number of aliphatic hydroxyl groups is 1. The molecule has 0 bridgehead atoms. The molecule has 0 amide bonds. The van der Waals surface area contributed by atoms with Gasteiger partial charge in [0.15, 0.2) is 0 Å². The van der Waals surface area contributed by atoms with Crippen molar-refractivity contribution in [3.05, 3.63) is 28.8 Å². The summed E-state index contributed by atoms with van der Waals surface area (Å²) in [5.41, 5.74) is 2.51. The van der Waals surface area contributed by atoms with Crippen molar-refractivity contribution < 1.29 is 10.2 Å². The Morgan fingerprint density at radius 3 is 1.78 bits per heavy atom. The average molecular weight is 250 g/mol. The topological polar surface area (TPSA) is 40.5 Å². The first-order valence-corrected chi connectivity index (χ1v) is 6.50. The SMILES string of the molecule is CC(O)c1cc(C(C)(C)C)cc(C(C)(C)C)c1O. The quantitative estimate of drug-likeness (QED) is 0.789. The van der Waals surface area contributed by atoms with Gasteiger partial charge in [-0.25, -0.2) is 0 Å². The van der Waals surface area contributed by atoms with Gasteiger partial charge in [0.05, 0.1) is 6.10 Å². The maximum absolute atomic E-state index is 10.3. The molecule has 1 aromatic rings. The highest BCUT2D eigenvalue weighted by atomic mass is 16.3. The van der Waals surface area contributed by atoms with Crippen LogP contribution in [0.3, 0.4) is 0 Å². The zero-order valence-electron chi connectivity index (χ0n) is 12.6. The van der Waals surface area contributed by atoms with E-state index in [2.05, 4.69) is 47.6 Å². The highest BCUT2D eigenvalue weighted by Gasteiger charge is 2.25. The fourth-order valence-corrected chi connectivity index (χ4v) is 1.98. The molecule has 1 rings (SSSR count). The van der Waals surface area contributed by atoms with Gasteiger partial charge in [-0.3, -0.25) is 0 Å². The molecule has 102 valence electrons. The van der Waals surface area contributed by atoms with Crippen molar-refractivity contribution in [2.75, 3.05) is 0 Å². The summed E-state index contributed by atoms with van der Waals surface area (Å²) in [5, 5.41) is 20.1. The normalized spacial score (nSPS) is 14.7. The molecule has 18 heavy (non-hydrogen) atoms. The first-order valence-electron chi connectivity index (χ1n) is 6.50. The van der Waals surface area contributed by atoms with Gasteiger partial charge in [0.1, 0.15) is 5.75 Å². The molecule has 0 fully saturated rings. The van der Waals surface area contributed by atoms with E-state index in [1.54, 1.807) is 6.92 Å². The van der Waals surface area contributed by atoms with E-state index in [0.29, 0.717) is 5.56 Å². The summed E-state index contributed by atoms with van der Waals surface area (Å²) in [4.78, 5) is 0. The van der Waals surface area contributed by atoms with Crippen LogP contribution in [0.25, 0.3) is 0 Å². The fourth-order valence-electron chi connectivity index (χ4n) is 1.98. The van der Waals surface area contributed by atoms with E-state index < -0.39 is 6.10 Å². The molecule has 0 heterocycles. The summed E-state index contributed by atoms with van der Waals surface area (Å²) in [6.45, 7) is 14.3. The van der Waals surface area contributed by atoms with Crippen LogP contribution in [0, 0.1) is 0 Å². The summed E-state index contributed by atoms with van der Waals surface area (Å²) in [6, 6.07) is 3.97. The lowest BCUT2D eigenvalue weighted by molar-refractivity contribution is 0.194. The Kier molecular flexibility index (Phi) is 3.83. The van der Waals surface area contributed by atoms with Crippen molar-refractivity contribution in [2.24, 2.45) is 0 Å². The lowest BCUT2D eigenvalue weighted by Crippen LogP contribution is -2.18. The molecular weight excluding hydrogens is 224 g/mol. The number of aliphatic hydroxyl groups excluding tert-OH is 1. The molecular formula is C16H26O2. The van der Waals surface area contributed by atoms with Gasteiger partial charge in [0.2, 0.25) is 0 Å². The highest BCUT2D eigenvalue weighted by molar-refractivity contribution is 5.49. The number of phenolic OH excluding ortho intramolecular Hbond substituents is 1. The van der Waals surface area contributed by atoms with Crippen molar-refractivity contribution >= 4 is 0 Å². The Hall–Kier alpha value is -1.02. The summed E-state index contributed by atoms with van der Waals surface area (Å²) in [7, 11) is 0. The van der Waals surface area contributed by atoms with E-state index in [4.69, 9.17) is 0 Å². The zero-order chi connectivity index (χ0) is 14.3. The number of benzene rings is 1. The van der Waals surface area contributed by atoms with E-state index in [1.165, 1.54) is 0 Å². The van der Waals surface area contributed by atoms with Gasteiger partial charge in [-0.05, 0) is 34.9 Å². The Morgan fingerprint density at radius 1 is 0.944 bits per heavy atom. The lowest BCUT2D eigenvalue weighted by atomic mass is 9.78. The number of aromatic hydroxyl groups is 1. The second-order valence-electron chi connectivity index (χ2n) is 7.14. The molecule has 2 heteroatoms. The number of hydrogen-bond donors (Lipinski definition) is 2. The van der Waals surface area contributed by atoms with E-state index in [9.17, 15) is 10.2 Å². The van der Waals surface area contributed by atoms with Crippen LogP contribution < -0.4 is 0 Å². The smallest absolute Gasteiger partial charge is 0.125 e. The van der Waals surface area contributed by atoms with Gasteiger partial charge in [-0.1, -0.05) is 47.6 Å². The van der Waals surface area contributed by atoms with E-state index in [-0.39, 0.29) is 16.6 Å². The molecule has 1 unspecified atom stereocenters. The average Bonchev–Trinajstić information content (AvgIpc) is 2.13. The standard InChI is InChI=1S/C16H26O2/c1-10(17)12-8-11(15(2,3)4)9-13(14(12)18)16(5,6)7/h8-10,17-18H,1-7H3. The van der Waals surface area contributed by atoms with Crippen LogP contribution in [0.2, 0.25) is 0 Å². The van der Waals surface area contributed by atoms with Crippen molar-refractivity contribution in [2.45, 2.75) is 65.4 Å². The minimum atomic E-state index is -0.659. The Morgan fingerprint density at radius 2 is 1.44 bits per heavy atom. The molecule has 0 radical (unpaired) electrons. The van der Waals surface area contributed by atoms with Crippen LogP contribution in [0.5, 0.6) is 5.75 Å². The maximum Gasteiger partial charge on any atom is 0.125 e.